The van der Waals surface area contributed by atoms with Crippen molar-refractivity contribution in [1.29, 1.82) is 0 Å². The van der Waals surface area contributed by atoms with Crippen LogP contribution in [0.4, 0.5) is 5.69 Å². The third kappa shape index (κ3) is 3.17. The van der Waals surface area contributed by atoms with Gasteiger partial charge in [0.25, 0.3) is 0 Å². The monoisotopic (exact) mass is 273 g/mol. The zero-order chi connectivity index (χ0) is 14.5. The highest BCUT2D eigenvalue weighted by Gasteiger charge is 2.07. The fourth-order valence-electron chi connectivity index (χ4n) is 1.89. The lowest BCUT2D eigenvalue weighted by molar-refractivity contribution is 0.0526. The van der Waals surface area contributed by atoms with Crippen LogP contribution in [0.2, 0.25) is 0 Å². The Morgan fingerprint density at radius 1 is 1.45 bits per heavy atom. The smallest absolute Gasteiger partial charge is 0.338 e. The summed E-state index contributed by atoms with van der Waals surface area (Å²) in [5.41, 5.74) is 3.70. The summed E-state index contributed by atoms with van der Waals surface area (Å²) in [6.07, 6.45) is 1.84. The van der Waals surface area contributed by atoms with Crippen LogP contribution in [0.5, 0.6) is 0 Å². The van der Waals surface area contributed by atoms with Gasteiger partial charge in [-0.3, -0.25) is 4.68 Å². The van der Waals surface area contributed by atoms with E-state index in [0.717, 1.165) is 16.9 Å². The van der Waals surface area contributed by atoms with E-state index in [-0.39, 0.29) is 5.97 Å². The maximum Gasteiger partial charge on any atom is 0.338 e. The summed E-state index contributed by atoms with van der Waals surface area (Å²) in [6.45, 7) is 4.88. The topological polar surface area (TPSA) is 56.1 Å². The molecule has 0 saturated carbocycles. The molecule has 0 aliphatic carbocycles. The summed E-state index contributed by atoms with van der Waals surface area (Å²) >= 11 is 0. The van der Waals surface area contributed by atoms with Gasteiger partial charge >= 0.3 is 5.97 Å². The summed E-state index contributed by atoms with van der Waals surface area (Å²) < 4.78 is 6.83. The second-order valence-electron chi connectivity index (χ2n) is 4.53. The van der Waals surface area contributed by atoms with Gasteiger partial charge in [0.2, 0.25) is 0 Å². The highest BCUT2D eigenvalue weighted by atomic mass is 16.5. The highest BCUT2D eigenvalue weighted by molar-refractivity contribution is 5.90. The Morgan fingerprint density at radius 2 is 2.25 bits per heavy atom. The summed E-state index contributed by atoms with van der Waals surface area (Å²) in [5.74, 6) is -0.297. The predicted octanol–water partition coefficient (Wildman–Crippen LogP) is 2.52. The molecule has 0 fully saturated rings. The number of rotatable bonds is 5. The van der Waals surface area contributed by atoms with Gasteiger partial charge in [0.05, 0.1) is 18.4 Å². The minimum Gasteiger partial charge on any atom is -0.462 e. The van der Waals surface area contributed by atoms with Crippen LogP contribution < -0.4 is 5.32 Å². The van der Waals surface area contributed by atoms with E-state index < -0.39 is 0 Å². The fourth-order valence-corrected chi connectivity index (χ4v) is 1.89. The van der Waals surface area contributed by atoms with Crippen LogP contribution in [-0.2, 0) is 18.3 Å². The van der Waals surface area contributed by atoms with Crippen molar-refractivity contribution in [3.05, 3.63) is 47.3 Å². The Balaban J connectivity index is 2.05. The molecule has 1 N–H and O–H groups in total. The number of carbonyl (C=O) groups excluding carboxylic acids is 1. The summed E-state index contributed by atoms with van der Waals surface area (Å²) in [6, 6.07) is 7.31. The molecule has 5 heteroatoms. The van der Waals surface area contributed by atoms with E-state index in [4.69, 9.17) is 4.74 Å². The maximum absolute atomic E-state index is 11.7. The molecule has 1 aromatic heterocycles. The van der Waals surface area contributed by atoms with E-state index in [2.05, 4.69) is 10.4 Å². The van der Waals surface area contributed by atoms with Gasteiger partial charge in [-0.1, -0.05) is 6.07 Å². The maximum atomic E-state index is 11.7. The molecular formula is C15H19N3O2. The van der Waals surface area contributed by atoms with Gasteiger partial charge in [0, 0.05) is 30.5 Å². The van der Waals surface area contributed by atoms with Crippen LogP contribution in [0, 0.1) is 6.92 Å². The molecule has 0 aliphatic rings. The third-order valence-electron chi connectivity index (χ3n) is 3.19. The molecule has 0 aliphatic heterocycles. The van der Waals surface area contributed by atoms with Crippen LogP contribution in [0.15, 0.2) is 30.5 Å². The molecule has 0 bridgehead atoms. The minimum atomic E-state index is -0.297. The molecule has 0 spiro atoms. The van der Waals surface area contributed by atoms with E-state index >= 15 is 0 Å². The lowest BCUT2D eigenvalue weighted by Crippen LogP contribution is -2.06. The normalized spacial score (nSPS) is 10.3. The number of hydrogen-bond donors (Lipinski definition) is 1. The van der Waals surface area contributed by atoms with E-state index in [9.17, 15) is 4.79 Å². The van der Waals surface area contributed by atoms with Gasteiger partial charge < -0.3 is 10.1 Å². The summed E-state index contributed by atoms with van der Waals surface area (Å²) in [4.78, 5) is 11.7. The summed E-state index contributed by atoms with van der Waals surface area (Å²) in [7, 11) is 1.92. The van der Waals surface area contributed by atoms with Crippen LogP contribution in [0.25, 0.3) is 0 Å². The zero-order valence-corrected chi connectivity index (χ0v) is 12.0. The molecular weight excluding hydrogens is 254 g/mol. The first-order valence-electron chi connectivity index (χ1n) is 6.60. The van der Waals surface area contributed by atoms with E-state index in [1.165, 1.54) is 0 Å². The van der Waals surface area contributed by atoms with Gasteiger partial charge in [0.15, 0.2) is 0 Å². The van der Waals surface area contributed by atoms with E-state index in [1.807, 2.05) is 37.0 Å². The van der Waals surface area contributed by atoms with Gasteiger partial charge in [-0.2, -0.15) is 5.10 Å². The number of benzene rings is 1. The Bertz CT molecular complexity index is 605. The first-order chi connectivity index (χ1) is 9.61. The number of aromatic nitrogens is 2. The minimum absolute atomic E-state index is 0.297. The van der Waals surface area contributed by atoms with Gasteiger partial charge in [-0.25, -0.2) is 4.79 Å². The number of nitrogens with zero attached hydrogens (tertiary/aromatic N) is 2. The van der Waals surface area contributed by atoms with Crippen LogP contribution in [0.1, 0.15) is 28.5 Å². The number of ether oxygens (including phenoxy) is 1. The van der Waals surface area contributed by atoms with Crippen molar-refractivity contribution in [2.24, 2.45) is 7.05 Å². The molecule has 2 aromatic rings. The second-order valence-corrected chi connectivity index (χ2v) is 4.53. The first kappa shape index (κ1) is 14.1. The Kier molecular flexibility index (Phi) is 4.40. The molecule has 5 nitrogen and oxygen atoms in total. The first-order valence-corrected chi connectivity index (χ1v) is 6.60. The molecule has 1 heterocycles. The van der Waals surface area contributed by atoms with Crippen molar-refractivity contribution in [3.63, 3.8) is 0 Å². The Morgan fingerprint density at radius 3 is 2.90 bits per heavy atom. The standard InChI is InChI=1S/C15H19N3O2/c1-4-20-15(19)12-6-5-7-14(8-12)16-9-13-10-17-18(3)11(13)2/h5-8,10,16H,4,9H2,1-3H3. The predicted molar refractivity (Wildman–Crippen MR) is 77.7 cm³/mol. The Hall–Kier alpha value is -2.30. The number of aryl methyl sites for hydroxylation is 1. The quantitative estimate of drug-likeness (QED) is 0.850. The van der Waals surface area contributed by atoms with E-state index in [1.54, 1.807) is 19.1 Å². The van der Waals surface area contributed by atoms with Crippen LogP contribution in [0.3, 0.4) is 0 Å². The van der Waals surface area contributed by atoms with Crippen molar-refractivity contribution in [2.75, 3.05) is 11.9 Å². The zero-order valence-electron chi connectivity index (χ0n) is 12.0. The Labute approximate surface area is 118 Å². The lowest BCUT2D eigenvalue weighted by Gasteiger charge is -2.08. The van der Waals surface area contributed by atoms with Crippen molar-refractivity contribution in [1.82, 2.24) is 9.78 Å². The van der Waals surface area contributed by atoms with Crippen molar-refractivity contribution < 1.29 is 9.53 Å². The molecule has 1 aromatic carbocycles. The molecule has 106 valence electrons. The van der Waals surface area contributed by atoms with E-state index in [0.29, 0.717) is 18.7 Å². The van der Waals surface area contributed by atoms with Crippen LogP contribution in [-0.4, -0.2) is 22.4 Å². The van der Waals surface area contributed by atoms with Crippen LogP contribution >= 0.6 is 0 Å². The SMILES string of the molecule is CCOC(=O)c1cccc(NCc2cnn(C)c2C)c1. The van der Waals surface area contributed by atoms with Gasteiger partial charge in [-0.15, -0.1) is 0 Å². The number of hydrogen-bond acceptors (Lipinski definition) is 4. The number of esters is 1. The number of carbonyl (C=O) groups is 1. The molecule has 0 amide bonds. The van der Waals surface area contributed by atoms with Gasteiger partial charge in [-0.05, 0) is 32.0 Å². The van der Waals surface area contributed by atoms with Gasteiger partial charge in [0.1, 0.15) is 0 Å². The fraction of sp³-hybridized carbons (Fsp3) is 0.333. The molecule has 0 unspecified atom stereocenters. The second kappa shape index (κ2) is 6.23. The van der Waals surface area contributed by atoms with Crippen molar-refractivity contribution in [2.45, 2.75) is 20.4 Å². The molecule has 20 heavy (non-hydrogen) atoms. The largest absolute Gasteiger partial charge is 0.462 e. The number of nitrogens with one attached hydrogen (secondary N) is 1. The molecule has 0 saturated heterocycles. The highest BCUT2D eigenvalue weighted by Crippen LogP contribution is 2.14. The van der Waals surface area contributed by atoms with Crippen molar-refractivity contribution >= 4 is 11.7 Å². The number of anilines is 1. The molecule has 0 radical (unpaired) electrons. The molecule has 0 atom stereocenters. The lowest BCUT2D eigenvalue weighted by atomic mass is 10.2. The molecule has 2 rings (SSSR count). The van der Waals surface area contributed by atoms with Crippen molar-refractivity contribution in [3.8, 4) is 0 Å². The average Bonchev–Trinajstić information content (AvgIpc) is 2.77. The third-order valence-corrected chi connectivity index (χ3v) is 3.19. The average molecular weight is 273 g/mol. The summed E-state index contributed by atoms with van der Waals surface area (Å²) in [5, 5.41) is 7.49.